The van der Waals surface area contributed by atoms with Gasteiger partial charge in [-0.1, -0.05) is 6.07 Å². The van der Waals surface area contributed by atoms with Crippen LogP contribution in [0.2, 0.25) is 0 Å². The SMILES string of the molecule is CC(=O)Oc1ccc([C@@H]2NC(=O)OCC2(F)F)cc1O.Cl. The minimum atomic E-state index is -3.32. The van der Waals surface area contributed by atoms with Crippen LogP contribution in [0.15, 0.2) is 18.2 Å². The number of alkyl halides is 2. The summed E-state index contributed by atoms with van der Waals surface area (Å²) in [7, 11) is 0. The third kappa shape index (κ3) is 3.72. The van der Waals surface area contributed by atoms with Crippen LogP contribution in [0, 0.1) is 0 Å². The van der Waals surface area contributed by atoms with Crippen LogP contribution in [0.4, 0.5) is 13.6 Å². The first-order valence-corrected chi connectivity index (χ1v) is 5.62. The number of rotatable bonds is 2. The third-order valence-electron chi connectivity index (χ3n) is 2.65. The van der Waals surface area contributed by atoms with Crippen LogP contribution >= 0.6 is 12.4 Å². The van der Waals surface area contributed by atoms with Gasteiger partial charge in [-0.05, 0) is 17.7 Å². The van der Waals surface area contributed by atoms with Crippen LogP contribution in [0.1, 0.15) is 18.5 Å². The summed E-state index contributed by atoms with van der Waals surface area (Å²) < 4.78 is 36.2. The van der Waals surface area contributed by atoms with Crippen molar-refractivity contribution >= 4 is 24.5 Å². The molecule has 1 aromatic carbocycles. The topological polar surface area (TPSA) is 84.9 Å². The zero-order chi connectivity index (χ0) is 14.9. The average Bonchev–Trinajstić information content (AvgIpc) is 2.34. The number of phenolic OH excluding ortho intramolecular Hbond substituents is 1. The normalized spacial score (nSPS) is 19.8. The maximum atomic E-state index is 13.7. The number of phenols is 1. The van der Waals surface area contributed by atoms with E-state index in [2.05, 4.69) is 9.47 Å². The van der Waals surface area contributed by atoms with Gasteiger partial charge in [0.05, 0.1) is 0 Å². The largest absolute Gasteiger partial charge is 0.504 e. The molecule has 1 amide bonds. The minimum Gasteiger partial charge on any atom is -0.504 e. The van der Waals surface area contributed by atoms with Gasteiger partial charge in [0.1, 0.15) is 6.04 Å². The second-order valence-electron chi connectivity index (χ2n) is 4.24. The highest BCUT2D eigenvalue weighted by Gasteiger charge is 2.47. The molecule has 2 N–H and O–H groups in total. The molecule has 1 aliphatic rings. The number of esters is 1. The molecule has 0 radical (unpaired) electrons. The Hall–Kier alpha value is -2.09. The lowest BCUT2D eigenvalue weighted by molar-refractivity contribution is -0.132. The summed E-state index contributed by atoms with van der Waals surface area (Å²) in [5.74, 6) is -4.60. The number of aromatic hydroxyl groups is 1. The molecule has 21 heavy (non-hydrogen) atoms. The number of benzene rings is 1. The third-order valence-corrected chi connectivity index (χ3v) is 2.65. The monoisotopic (exact) mass is 323 g/mol. The van der Waals surface area contributed by atoms with Crippen molar-refractivity contribution in [3.63, 3.8) is 0 Å². The molecule has 0 aromatic heterocycles. The number of carbonyl (C=O) groups excluding carboxylic acids is 2. The standard InChI is InChI=1S/C12H11F2NO5.ClH/c1-6(16)20-9-3-2-7(4-8(9)17)10-12(13,14)5-19-11(18)15-10;/h2-4,10,17H,5H2,1H3,(H,15,18);1H/t10-;/m0./s1. The lowest BCUT2D eigenvalue weighted by Gasteiger charge is -2.31. The Morgan fingerprint density at radius 2 is 2.19 bits per heavy atom. The van der Waals surface area contributed by atoms with Crippen LogP contribution in [0.25, 0.3) is 0 Å². The Morgan fingerprint density at radius 1 is 1.52 bits per heavy atom. The van der Waals surface area contributed by atoms with E-state index < -0.39 is 36.4 Å². The molecule has 1 fully saturated rings. The molecule has 1 aliphatic heterocycles. The maximum Gasteiger partial charge on any atom is 0.408 e. The molecule has 0 spiro atoms. The summed E-state index contributed by atoms with van der Waals surface area (Å²) in [4.78, 5) is 21.8. The lowest BCUT2D eigenvalue weighted by Crippen LogP contribution is -2.49. The number of ether oxygens (including phenoxy) is 2. The molecule has 0 aliphatic carbocycles. The molecule has 9 heteroatoms. The minimum absolute atomic E-state index is 0. The number of hydrogen-bond acceptors (Lipinski definition) is 5. The molecular weight excluding hydrogens is 312 g/mol. The van der Waals surface area contributed by atoms with E-state index in [-0.39, 0.29) is 23.7 Å². The highest BCUT2D eigenvalue weighted by Crippen LogP contribution is 2.37. The summed E-state index contributed by atoms with van der Waals surface area (Å²) in [6.45, 7) is 0.0934. The molecule has 1 aromatic rings. The van der Waals surface area contributed by atoms with Gasteiger partial charge < -0.3 is 19.9 Å². The fourth-order valence-corrected chi connectivity index (χ4v) is 1.79. The van der Waals surface area contributed by atoms with Crippen molar-refractivity contribution in [2.75, 3.05) is 6.61 Å². The van der Waals surface area contributed by atoms with Crippen LogP contribution in [-0.2, 0) is 9.53 Å². The quantitative estimate of drug-likeness (QED) is 0.643. The molecule has 116 valence electrons. The summed E-state index contributed by atoms with van der Waals surface area (Å²) in [5.41, 5.74) is -0.0277. The summed E-state index contributed by atoms with van der Waals surface area (Å²) >= 11 is 0. The van der Waals surface area contributed by atoms with Crippen LogP contribution in [0.5, 0.6) is 11.5 Å². The van der Waals surface area contributed by atoms with E-state index >= 15 is 0 Å². The highest BCUT2D eigenvalue weighted by atomic mass is 35.5. The highest BCUT2D eigenvalue weighted by molar-refractivity contribution is 5.85. The number of halogens is 3. The molecule has 1 atom stereocenters. The number of hydrogen-bond donors (Lipinski definition) is 2. The first-order valence-electron chi connectivity index (χ1n) is 5.62. The Bertz CT molecular complexity index is 567. The van der Waals surface area contributed by atoms with Gasteiger partial charge in [0.25, 0.3) is 0 Å². The van der Waals surface area contributed by atoms with E-state index in [9.17, 15) is 23.5 Å². The van der Waals surface area contributed by atoms with E-state index in [1.807, 2.05) is 5.32 Å². The fraction of sp³-hybridized carbons (Fsp3) is 0.333. The van der Waals surface area contributed by atoms with Crippen molar-refractivity contribution in [3.8, 4) is 11.5 Å². The Labute approximate surface area is 124 Å². The van der Waals surface area contributed by atoms with Crippen molar-refractivity contribution in [1.82, 2.24) is 5.32 Å². The van der Waals surface area contributed by atoms with Gasteiger partial charge in [0, 0.05) is 6.92 Å². The first-order chi connectivity index (χ1) is 9.29. The second kappa shape index (κ2) is 6.13. The summed E-state index contributed by atoms with van der Waals surface area (Å²) in [6, 6.07) is 1.77. The molecule has 0 unspecified atom stereocenters. The van der Waals surface area contributed by atoms with Crippen molar-refractivity contribution in [2.45, 2.75) is 18.9 Å². The molecule has 0 saturated carbocycles. The average molecular weight is 324 g/mol. The Kier molecular flexibility index (Phi) is 4.95. The van der Waals surface area contributed by atoms with Gasteiger partial charge >= 0.3 is 18.0 Å². The van der Waals surface area contributed by atoms with Gasteiger partial charge in [-0.2, -0.15) is 0 Å². The van der Waals surface area contributed by atoms with E-state index in [4.69, 9.17) is 0 Å². The van der Waals surface area contributed by atoms with Crippen molar-refractivity contribution in [2.24, 2.45) is 0 Å². The fourth-order valence-electron chi connectivity index (χ4n) is 1.79. The van der Waals surface area contributed by atoms with Crippen LogP contribution < -0.4 is 10.1 Å². The Morgan fingerprint density at radius 3 is 2.76 bits per heavy atom. The zero-order valence-electron chi connectivity index (χ0n) is 10.8. The molecule has 2 rings (SSSR count). The first kappa shape index (κ1) is 17.0. The van der Waals surface area contributed by atoms with Crippen LogP contribution in [-0.4, -0.2) is 29.7 Å². The van der Waals surface area contributed by atoms with Crippen LogP contribution in [0.3, 0.4) is 0 Å². The number of cyclic esters (lactones) is 1. The molecule has 1 heterocycles. The van der Waals surface area contributed by atoms with E-state index in [0.717, 1.165) is 13.0 Å². The predicted molar refractivity (Wildman–Crippen MR) is 68.8 cm³/mol. The number of carbonyl (C=O) groups is 2. The zero-order valence-corrected chi connectivity index (χ0v) is 11.6. The number of amides is 1. The van der Waals surface area contributed by atoms with Crippen molar-refractivity contribution < 1.29 is 33.0 Å². The summed E-state index contributed by atoms with van der Waals surface area (Å²) in [5, 5.41) is 11.6. The van der Waals surface area contributed by atoms with Gasteiger partial charge in [0.15, 0.2) is 18.1 Å². The van der Waals surface area contributed by atoms with Gasteiger partial charge in [-0.3, -0.25) is 4.79 Å². The van der Waals surface area contributed by atoms with E-state index in [0.29, 0.717) is 0 Å². The van der Waals surface area contributed by atoms with E-state index in [1.54, 1.807) is 0 Å². The smallest absolute Gasteiger partial charge is 0.408 e. The van der Waals surface area contributed by atoms with Gasteiger partial charge in [0.2, 0.25) is 0 Å². The van der Waals surface area contributed by atoms with Gasteiger partial charge in [-0.25, -0.2) is 13.6 Å². The Balaban J connectivity index is 0.00000220. The molecule has 0 bridgehead atoms. The van der Waals surface area contributed by atoms with E-state index in [1.165, 1.54) is 12.1 Å². The summed E-state index contributed by atoms with van der Waals surface area (Å²) in [6.07, 6.45) is -0.968. The molecular formula is C12H12ClF2NO5. The molecule has 1 saturated heterocycles. The van der Waals surface area contributed by atoms with Crippen molar-refractivity contribution in [1.29, 1.82) is 0 Å². The number of nitrogens with one attached hydrogen (secondary N) is 1. The number of alkyl carbamates (subject to hydrolysis) is 1. The van der Waals surface area contributed by atoms with Crippen molar-refractivity contribution in [3.05, 3.63) is 23.8 Å². The second-order valence-corrected chi connectivity index (χ2v) is 4.24. The predicted octanol–water partition coefficient (Wildman–Crippen LogP) is 2.16. The molecule has 6 nitrogen and oxygen atoms in total. The van der Waals surface area contributed by atoms with Gasteiger partial charge in [-0.15, -0.1) is 12.4 Å². The maximum absolute atomic E-state index is 13.7. The lowest BCUT2D eigenvalue weighted by atomic mass is 9.99.